The Hall–Kier alpha value is -1.51. The third-order valence-corrected chi connectivity index (χ3v) is 5.65. The number of benzene rings is 1. The summed E-state index contributed by atoms with van der Waals surface area (Å²) in [5, 5.41) is 9.42. The van der Waals surface area contributed by atoms with Gasteiger partial charge in [-0.05, 0) is 68.6 Å². The molecule has 1 N–H and O–H groups in total. The molecule has 1 fully saturated rings. The fourth-order valence-corrected chi connectivity index (χ4v) is 3.82. The first-order valence-corrected chi connectivity index (χ1v) is 9.51. The van der Waals surface area contributed by atoms with E-state index in [1.807, 2.05) is 12.1 Å². The second-order valence-corrected chi connectivity index (χ2v) is 7.35. The van der Waals surface area contributed by atoms with Crippen LogP contribution in [0.15, 0.2) is 24.3 Å². The van der Waals surface area contributed by atoms with Gasteiger partial charge < -0.3 is 9.84 Å². The van der Waals surface area contributed by atoms with Crippen LogP contribution < -0.4 is 0 Å². The Labute approximate surface area is 146 Å². The lowest BCUT2D eigenvalue weighted by Crippen LogP contribution is -2.38. The highest BCUT2D eigenvalue weighted by Gasteiger charge is 2.36. The molecule has 0 aromatic heterocycles. The molecule has 1 saturated carbocycles. The summed E-state index contributed by atoms with van der Waals surface area (Å²) in [6, 6.07) is 7.29. The van der Waals surface area contributed by atoms with Gasteiger partial charge in [0.15, 0.2) is 0 Å². The summed E-state index contributed by atoms with van der Waals surface area (Å²) in [4.78, 5) is 12.8. The van der Waals surface area contributed by atoms with Gasteiger partial charge >= 0.3 is 5.97 Å². The van der Waals surface area contributed by atoms with E-state index in [4.69, 9.17) is 4.74 Å². The zero-order chi connectivity index (χ0) is 17.6. The molecule has 3 nitrogen and oxygen atoms in total. The number of ether oxygens (including phenoxy) is 1. The Balaban J connectivity index is 1.98. The smallest absolute Gasteiger partial charge is 0.309 e. The van der Waals surface area contributed by atoms with Crippen LogP contribution in [0.1, 0.15) is 83.6 Å². The molecule has 0 radical (unpaired) electrons. The number of aromatic hydroxyl groups is 1. The quantitative estimate of drug-likeness (QED) is 0.664. The number of carbonyl (C=O) groups is 1. The predicted molar refractivity (Wildman–Crippen MR) is 97.1 cm³/mol. The van der Waals surface area contributed by atoms with Crippen LogP contribution in [-0.4, -0.2) is 16.7 Å². The van der Waals surface area contributed by atoms with Crippen LogP contribution in [0.5, 0.6) is 5.75 Å². The third-order valence-electron chi connectivity index (χ3n) is 5.65. The summed E-state index contributed by atoms with van der Waals surface area (Å²) in [7, 11) is 0. The van der Waals surface area contributed by atoms with Gasteiger partial charge in [-0.1, -0.05) is 39.3 Å². The highest BCUT2D eigenvalue weighted by Crippen LogP contribution is 2.36. The van der Waals surface area contributed by atoms with Gasteiger partial charge in [-0.15, -0.1) is 0 Å². The lowest BCUT2D eigenvalue weighted by Gasteiger charge is -2.37. The average molecular weight is 332 g/mol. The van der Waals surface area contributed by atoms with Gasteiger partial charge in [-0.3, -0.25) is 4.79 Å². The number of carbonyl (C=O) groups excluding carboxylic acids is 1. The van der Waals surface area contributed by atoms with Crippen LogP contribution in [0.3, 0.4) is 0 Å². The van der Waals surface area contributed by atoms with E-state index in [-0.39, 0.29) is 29.2 Å². The molecule has 2 unspecified atom stereocenters. The second kappa shape index (κ2) is 8.55. The van der Waals surface area contributed by atoms with E-state index in [0.29, 0.717) is 0 Å². The van der Waals surface area contributed by atoms with Crippen molar-refractivity contribution in [1.29, 1.82) is 0 Å². The first kappa shape index (κ1) is 18.8. The molecule has 2 atom stereocenters. The largest absolute Gasteiger partial charge is 0.508 e. The van der Waals surface area contributed by atoms with E-state index in [1.54, 1.807) is 12.1 Å². The van der Waals surface area contributed by atoms with Crippen molar-refractivity contribution in [2.45, 2.75) is 83.7 Å². The predicted octanol–water partition coefficient (Wildman–Crippen LogP) is 5.57. The molecule has 1 aromatic carbocycles. The van der Waals surface area contributed by atoms with Crippen molar-refractivity contribution in [3.8, 4) is 5.75 Å². The molecule has 0 saturated heterocycles. The Morgan fingerprint density at radius 2 is 1.79 bits per heavy atom. The van der Waals surface area contributed by atoms with Gasteiger partial charge in [0.2, 0.25) is 0 Å². The van der Waals surface area contributed by atoms with Gasteiger partial charge in [0.05, 0.1) is 5.92 Å². The topological polar surface area (TPSA) is 46.5 Å². The summed E-state index contributed by atoms with van der Waals surface area (Å²) in [5.41, 5.74) is 0.937. The molecular formula is C21H32O3. The summed E-state index contributed by atoms with van der Waals surface area (Å²) < 4.78 is 6.06. The molecule has 0 bridgehead atoms. The number of esters is 1. The molecule has 0 aliphatic heterocycles. The number of phenolic OH excluding ortho intramolecular Hbond substituents is 1. The van der Waals surface area contributed by atoms with Crippen molar-refractivity contribution in [3.63, 3.8) is 0 Å². The summed E-state index contributed by atoms with van der Waals surface area (Å²) in [5.74, 6) is 0.470. The molecule has 1 aliphatic rings. The van der Waals surface area contributed by atoms with Crippen LogP contribution in [0.4, 0.5) is 0 Å². The maximum Gasteiger partial charge on any atom is 0.309 e. The van der Waals surface area contributed by atoms with Gasteiger partial charge in [0.1, 0.15) is 11.4 Å². The van der Waals surface area contributed by atoms with E-state index in [1.165, 1.54) is 19.3 Å². The highest BCUT2D eigenvalue weighted by atomic mass is 16.6. The van der Waals surface area contributed by atoms with Crippen molar-refractivity contribution in [2.75, 3.05) is 0 Å². The number of phenols is 1. The van der Waals surface area contributed by atoms with Crippen LogP contribution in [0.2, 0.25) is 0 Å². The van der Waals surface area contributed by atoms with Crippen LogP contribution in [0, 0.1) is 5.92 Å². The lowest BCUT2D eigenvalue weighted by molar-refractivity contribution is -0.169. The minimum atomic E-state index is -0.218. The van der Waals surface area contributed by atoms with Crippen molar-refractivity contribution < 1.29 is 14.6 Å². The minimum absolute atomic E-state index is 0.0214. The summed E-state index contributed by atoms with van der Waals surface area (Å²) in [6.07, 6.45) is 8.14. The standard InChI is InChI=1S/C21H32O3/c1-4-17(15-16(3)18-9-11-19(22)12-10-18)20(23)24-21(5-2)13-7-6-8-14-21/h9-12,16-17,22H,4-8,13-15H2,1-3H3. The third kappa shape index (κ3) is 4.75. The molecular weight excluding hydrogens is 300 g/mol. The second-order valence-electron chi connectivity index (χ2n) is 7.35. The number of hydrogen-bond donors (Lipinski definition) is 1. The SMILES string of the molecule is CCC(CC(C)c1ccc(O)cc1)C(=O)OC1(CC)CCCCC1. The lowest BCUT2D eigenvalue weighted by atomic mass is 9.82. The van der Waals surface area contributed by atoms with Crippen molar-refractivity contribution in [3.05, 3.63) is 29.8 Å². The van der Waals surface area contributed by atoms with Crippen molar-refractivity contribution in [1.82, 2.24) is 0 Å². The minimum Gasteiger partial charge on any atom is -0.508 e. The highest BCUT2D eigenvalue weighted by molar-refractivity contribution is 5.73. The fourth-order valence-electron chi connectivity index (χ4n) is 3.82. The molecule has 3 heteroatoms. The van der Waals surface area contributed by atoms with Gasteiger partial charge in [-0.25, -0.2) is 0 Å². The normalized spacial score (nSPS) is 19.5. The Morgan fingerprint density at radius 1 is 1.17 bits per heavy atom. The first-order valence-electron chi connectivity index (χ1n) is 9.51. The number of hydrogen-bond acceptors (Lipinski definition) is 3. The Kier molecular flexibility index (Phi) is 6.70. The molecule has 2 rings (SSSR count). The monoisotopic (exact) mass is 332 g/mol. The maximum absolute atomic E-state index is 12.8. The summed E-state index contributed by atoms with van der Waals surface area (Å²) >= 11 is 0. The molecule has 1 aliphatic carbocycles. The first-order chi connectivity index (χ1) is 11.5. The Bertz CT molecular complexity index is 514. The zero-order valence-corrected chi connectivity index (χ0v) is 15.4. The van der Waals surface area contributed by atoms with E-state index < -0.39 is 0 Å². The van der Waals surface area contributed by atoms with Gasteiger partial charge in [-0.2, -0.15) is 0 Å². The zero-order valence-electron chi connectivity index (χ0n) is 15.4. The van der Waals surface area contributed by atoms with Gasteiger partial charge in [0, 0.05) is 0 Å². The number of rotatable bonds is 7. The average Bonchev–Trinajstić information content (AvgIpc) is 2.60. The maximum atomic E-state index is 12.8. The Morgan fingerprint density at radius 3 is 2.33 bits per heavy atom. The summed E-state index contributed by atoms with van der Waals surface area (Å²) in [6.45, 7) is 6.34. The van der Waals surface area contributed by atoms with E-state index in [9.17, 15) is 9.90 Å². The van der Waals surface area contributed by atoms with Crippen molar-refractivity contribution in [2.24, 2.45) is 5.92 Å². The molecule has 1 aromatic rings. The van der Waals surface area contributed by atoms with E-state index in [0.717, 1.165) is 37.7 Å². The fraction of sp³-hybridized carbons (Fsp3) is 0.667. The van der Waals surface area contributed by atoms with Crippen molar-refractivity contribution >= 4 is 5.97 Å². The molecule has 0 heterocycles. The van der Waals surface area contributed by atoms with Gasteiger partial charge in [0.25, 0.3) is 0 Å². The molecule has 0 amide bonds. The molecule has 24 heavy (non-hydrogen) atoms. The van der Waals surface area contributed by atoms with Crippen LogP contribution >= 0.6 is 0 Å². The molecule has 134 valence electrons. The van der Waals surface area contributed by atoms with Crippen LogP contribution in [-0.2, 0) is 9.53 Å². The van der Waals surface area contributed by atoms with Crippen LogP contribution in [0.25, 0.3) is 0 Å². The van der Waals surface area contributed by atoms with E-state index >= 15 is 0 Å². The van der Waals surface area contributed by atoms with E-state index in [2.05, 4.69) is 20.8 Å². The molecule has 0 spiro atoms.